The van der Waals surface area contributed by atoms with Gasteiger partial charge in [-0.3, -0.25) is 4.98 Å². The zero-order valence-electron chi connectivity index (χ0n) is 14.8. The number of aryl methyl sites for hydroxylation is 1. The van der Waals surface area contributed by atoms with E-state index >= 15 is 0 Å². The van der Waals surface area contributed by atoms with Crippen molar-refractivity contribution in [1.29, 1.82) is 0 Å². The van der Waals surface area contributed by atoms with Gasteiger partial charge in [-0.05, 0) is 50.1 Å². The quantitative estimate of drug-likeness (QED) is 0.661. The zero-order valence-corrected chi connectivity index (χ0v) is 15.7. The van der Waals surface area contributed by atoms with Gasteiger partial charge in [-0.2, -0.15) is 4.31 Å². The largest absolute Gasteiger partial charge is 0.419 e. The van der Waals surface area contributed by atoms with Crippen LogP contribution >= 0.6 is 0 Å². The molecule has 1 atom stereocenters. The molecule has 2 aromatic heterocycles. The lowest BCUT2D eigenvalue weighted by atomic mass is 10.2. The molecule has 28 heavy (non-hydrogen) atoms. The molecule has 0 bridgehead atoms. The summed E-state index contributed by atoms with van der Waals surface area (Å²) in [5.41, 5.74) is 1.46. The van der Waals surface area contributed by atoms with Gasteiger partial charge in [0.15, 0.2) is 11.6 Å². The molecular weight excluding hydrogens is 390 g/mol. The van der Waals surface area contributed by atoms with Crippen molar-refractivity contribution in [2.45, 2.75) is 30.7 Å². The van der Waals surface area contributed by atoms with Gasteiger partial charge in [0.25, 0.3) is 0 Å². The minimum absolute atomic E-state index is 0.152. The molecule has 4 rings (SSSR count). The van der Waals surface area contributed by atoms with Crippen LogP contribution in [-0.2, 0) is 10.0 Å². The van der Waals surface area contributed by atoms with E-state index in [2.05, 4.69) is 15.2 Å². The minimum atomic E-state index is -4.05. The minimum Gasteiger partial charge on any atom is -0.419 e. The molecule has 146 valence electrons. The van der Waals surface area contributed by atoms with Crippen LogP contribution in [0.5, 0.6) is 0 Å². The zero-order chi connectivity index (χ0) is 19.9. The SMILES string of the molecule is Cc1ccc(-c2nnc([C@@H]3CCCN3S(=O)(=O)c3ccc(F)c(F)c3)o2)cn1. The van der Waals surface area contributed by atoms with Crippen molar-refractivity contribution < 1.29 is 21.6 Å². The fourth-order valence-electron chi connectivity index (χ4n) is 3.13. The van der Waals surface area contributed by atoms with E-state index in [0.29, 0.717) is 24.5 Å². The highest BCUT2D eigenvalue weighted by Gasteiger charge is 2.39. The second-order valence-electron chi connectivity index (χ2n) is 6.48. The molecule has 1 aliphatic heterocycles. The normalized spacial score (nSPS) is 17.9. The Hall–Kier alpha value is -2.72. The van der Waals surface area contributed by atoms with Crippen molar-refractivity contribution in [3.63, 3.8) is 0 Å². The highest BCUT2D eigenvalue weighted by molar-refractivity contribution is 7.89. The molecule has 3 aromatic rings. The summed E-state index contributed by atoms with van der Waals surface area (Å²) in [6.45, 7) is 2.07. The summed E-state index contributed by atoms with van der Waals surface area (Å²) >= 11 is 0. The van der Waals surface area contributed by atoms with Gasteiger partial charge in [0.2, 0.25) is 21.8 Å². The maximum atomic E-state index is 13.5. The molecule has 0 amide bonds. The van der Waals surface area contributed by atoms with E-state index in [-0.39, 0.29) is 23.2 Å². The van der Waals surface area contributed by atoms with Gasteiger partial charge >= 0.3 is 0 Å². The molecule has 0 radical (unpaired) electrons. The Bertz CT molecular complexity index is 1120. The molecule has 1 saturated heterocycles. The summed E-state index contributed by atoms with van der Waals surface area (Å²) in [6.07, 6.45) is 2.66. The first kappa shape index (κ1) is 18.6. The van der Waals surface area contributed by atoms with Crippen LogP contribution in [0.15, 0.2) is 45.8 Å². The Morgan fingerprint density at radius 3 is 2.68 bits per heavy atom. The van der Waals surface area contributed by atoms with Crippen LogP contribution in [0, 0.1) is 18.6 Å². The molecule has 0 unspecified atom stereocenters. The van der Waals surface area contributed by atoms with Gasteiger partial charge in [0.1, 0.15) is 6.04 Å². The smallest absolute Gasteiger partial charge is 0.249 e. The van der Waals surface area contributed by atoms with E-state index in [1.807, 2.05) is 6.92 Å². The monoisotopic (exact) mass is 406 g/mol. The van der Waals surface area contributed by atoms with Crippen LogP contribution in [0.25, 0.3) is 11.5 Å². The summed E-state index contributed by atoms with van der Waals surface area (Å²) in [6, 6.07) is 5.43. The van der Waals surface area contributed by atoms with Crippen molar-refractivity contribution in [3.8, 4) is 11.5 Å². The number of halogens is 2. The van der Waals surface area contributed by atoms with Gasteiger partial charge in [0.05, 0.1) is 10.5 Å². The van der Waals surface area contributed by atoms with Gasteiger partial charge in [0, 0.05) is 18.4 Å². The number of rotatable bonds is 4. The van der Waals surface area contributed by atoms with Gasteiger partial charge in [-0.1, -0.05) is 0 Å². The van der Waals surface area contributed by atoms with E-state index in [4.69, 9.17) is 4.42 Å². The third-order valence-electron chi connectivity index (χ3n) is 4.59. The van der Waals surface area contributed by atoms with Crippen molar-refractivity contribution in [3.05, 3.63) is 59.7 Å². The highest BCUT2D eigenvalue weighted by Crippen LogP contribution is 2.37. The Morgan fingerprint density at radius 1 is 1.14 bits per heavy atom. The summed E-state index contributed by atoms with van der Waals surface area (Å²) in [5.74, 6) is -1.94. The van der Waals surface area contributed by atoms with Gasteiger partial charge in [-0.25, -0.2) is 17.2 Å². The predicted octanol–water partition coefficient (Wildman–Crippen LogP) is 3.24. The first-order valence-corrected chi connectivity index (χ1v) is 10.0. The Labute approximate surface area is 160 Å². The van der Waals surface area contributed by atoms with Crippen LogP contribution in [0.1, 0.15) is 30.5 Å². The molecule has 10 heteroatoms. The maximum Gasteiger partial charge on any atom is 0.249 e. The van der Waals surface area contributed by atoms with Crippen molar-refractivity contribution in [1.82, 2.24) is 19.5 Å². The average Bonchev–Trinajstić information content (AvgIpc) is 3.33. The number of aromatic nitrogens is 3. The standard InChI is InChI=1S/C18H16F2N4O3S/c1-11-4-5-12(10-21-11)17-22-23-18(27-17)16-3-2-8-24(16)28(25,26)13-6-7-14(19)15(20)9-13/h4-7,9-10,16H,2-3,8H2,1H3/t16-/m0/s1. The Kier molecular flexibility index (Phi) is 4.68. The Morgan fingerprint density at radius 2 is 1.96 bits per heavy atom. The fourth-order valence-corrected chi connectivity index (χ4v) is 4.79. The second kappa shape index (κ2) is 7.02. The Balaban J connectivity index is 1.65. The predicted molar refractivity (Wildman–Crippen MR) is 94.5 cm³/mol. The van der Waals surface area contributed by atoms with E-state index in [1.54, 1.807) is 18.3 Å². The van der Waals surface area contributed by atoms with Crippen LogP contribution < -0.4 is 0 Å². The van der Waals surface area contributed by atoms with E-state index < -0.39 is 27.7 Å². The van der Waals surface area contributed by atoms with E-state index in [0.717, 1.165) is 17.8 Å². The number of nitrogens with zero attached hydrogens (tertiary/aromatic N) is 4. The molecule has 0 spiro atoms. The third-order valence-corrected chi connectivity index (χ3v) is 6.49. The van der Waals surface area contributed by atoms with E-state index in [9.17, 15) is 17.2 Å². The molecule has 7 nitrogen and oxygen atoms in total. The first-order chi connectivity index (χ1) is 13.4. The number of hydrogen-bond donors (Lipinski definition) is 0. The van der Waals surface area contributed by atoms with Crippen molar-refractivity contribution >= 4 is 10.0 Å². The van der Waals surface area contributed by atoms with E-state index in [1.165, 1.54) is 4.31 Å². The first-order valence-electron chi connectivity index (χ1n) is 8.59. The third kappa shape index (κ3) is 3.29. The lowest BCUT2D eigenvalue weighted by Crippen LogP contribution is -2.31. The lowest BCUT2D eigenvalue weighted by molar-refractivity contribution is 0.332. The molecule has 1 fully saturated rings. The molecular formula is C18H16F2N4O3S. The van der Waals surface area contributed by atoms with Crippen molar-refractivity contribution in [2.24, 2.45) is 0 Å². The van der Waals surface area contributed by atoms with Crippen LogP contribution in [0.4, 0.5) is 8.78 Å². The maximum absolute atomic E-state index is 13.5. The molecule has 0 saturated carbocycles. The number of benzene rings is 1. The lowest BCUT2D eigenvalue weighted by Gasteiger charge is -2.21. The fraction of sp³-hybridized carbons (Fsp3) is 0.278. The van der Waals surface area contributed by atoms with Gasteiger partial charge in [-0.15, -0.1) is 10.2 Å². The van der Waals surface area contributed by atoms with Crippen LogP contribution in [0.2, 0.25) is 0 Å². The van der Waals surface area contributed by atoms with Gasteiger partial charge < -0.3 is 4.42 Å². The molecule has 3 heterocycles. The number of hydrogen-bond acceptors (Lipinski definition) is 6. The molecule has 0 N–H and O–H groups in total. The van der Waals surface area contributed by atoms with Crippen LogP contribution in [-0.4, -0.2) is 34.4 Å². The summed E-state index contributed by atoms with van der Waals surface area (Å²) in [7, 11) is -4.05. The second-order valence-corrected chi connectivity index (χ2v) is 8.37. The summed E-state index contributed by atoms with van der Waals surface area (Å²) in [4.78, 5) is 3.85. The highest BCUT2D eigenvalue weighted by atomic mass is 32.2. The molecule has 1 aliphatic rings. The number of pyridine rings is 1. The molecule has 0 aliphatic carbocycles. The summed E-state index contributed by atoms with van der Waals surface area (Å²) < 4.78 is 59.5. The van der Waals surface area contributed by atoms with Crippen LogP contribution in [0.3, 0.4) is 0 Å². The van der Waals surface area contributed by atoms with Crippen molar-refractivity contribution in [2.75, 3.05) is 6.54 Å². The average molecular weight is 406 g/mol. The number of sulfonamides is 1. The summed E-state index contributed by atoms with van der Waals surface area (Å²) in [5, 5.41) is 7.99. The molecule has 1 aromatic carbocycles. The topological polar surface area (TPSA) is 89.2 Å².